The summed E-state index contributed by atoms with van der Waals surface area (Å²) in [5.74, 6) is 0.364. The normalized spacial score (nSPS) is 15.3. The highest BCUT2D eigenvalue weighted by molar-refractivity contribution is 9.10. The number of rotatable bonds is 3. The zero-order valence-electron chi connectivity index (χ0n) is 9.20. The van der Waals surface area contributed by atoms with Gasteiger partial charge in [0.25, 0.3) is 0 Å². The zero-order valence-corrected chi connectivity index (χ0v) is 11.6. The van der Waals surface area contributed by atoms with Gasteiger partial charge >= 0.3 is 0 Å². The van der Waals surface area contributed by atoms with E-state index in [1.54, 1.807) is 12.4 Å². The van der Waals surface area contributed by atoms with Crippen molar-refractivity contribution in [3.63, 3.8) is 0 Å². The maximum Gasteiger partial charge on any atom is 0.189 e. The SMILES string of the molecule is CN=C(N)NC(C)(C=S)c1cccc(Br)c1. The molecule has 1 rings (SSSR count). The highest BCUT2D eigenvalue weighted by Gasteiger charge is 2.24. The average Bonchev–Trinajstić information content (AvgIpc) is 2.28. The van der Waals surface area contributed by atoms with E-state index in [0.717, 1.165) is 10.0 Å². The van der Waals surface area contributed by atoms with Gasteiger partial charge in [-0.15, -0.1) is 0 Å². The van der Waals surface area contributed by atoms with Gasteiger partial charge in [-0.05, 0) is 24.6 Å². The number of benzene rings is 1. The first kappa shape index (κ1) is 13.1. The number of halogens is 1. The molecule has 0 bridgehead atoms. The van der Waals surface area contributed by atoms with E-state index in [9.17, 15) is 0 Å². The fourth-order valence-corrected chi connectivity index (χ4v) is 1.90. The molecule has 0 heterocycles. The second-order valence-corrected chi connectivity index (χ2v) is 4.72. The monoisotopic (exact) mass is 299 g/mol. The standard InChI is InChI=1S/C11H14BrN3S/c1-11(7-16,15-10(13)14-2)8-4-3-5-9(12)6-8/h3-7H,1-2H3,(H3,13,14,15). The van der Waals surface area contributed by atoms with Gasteiger partial charge in [0.1, 0.15) is 0 Å². The molecule has 0 aliphatic rings. The maximum absolute atomic E-state index is 5.67. The molecule has 3 N–H and O–H groups in total. The molecular weight excluding hydrogens is 286 g/mol. The minimum atomic E-state index is -0.497. The van der Waals surface area contributed by atoms with Crippen molar-refractivity contribution in [1.82, 2.24) is 5.32 Å². The Balaban J connectivity index is 3.09. The molecule has 86 valence electrons. The van der Waals surface area contributed by atoms with Gasteiger partial charge in [-0.2, -0.15) is 0 Å². The summed E-state index contributed by atoms with van der Waals surface area (Å²) in [4.78, 5) is 3.87. The van der Waals surface area contributed by atoms with Crippen LogP contribution in [-0.2, 0) is 5.54 Å². The molecule has 0 amide bonds. The van der Waals surface area contributed by atoms with E-state index in [4.69, 9.17) is 18.0 Å². The Hall–Kier alpha value is -0.940. The number of nitrogens with two attached hydrogens (primary N) is 1. The topological polar surface area (TPSA) is 50.4 Å². The predicted molar refractivity (Wildman–Crippen MR) is 75.8 cm³/mol. The largest absolute Gasteiger partial charge is 0.370 e. The summed E-state index contributed by atoms with van der Waals surface area (Å²) in [6.45, 7) is 1.96. The van der Waals surface area contributed by atoms with E-state index in [2.05, 4.69) is 26.2 Å². The molecule has 0 fully saturated rings. The van der Waals surface area contributed by atoms with Crippen LogP contribution in [0.5, 0.6) is 0 Å². The van der Waals surface area contributed by atoms with E-state index in [1.807, 2.05) is 31.2 Å². The summed E-state index contributed by atoms with van der Waals surface area (Å²) >= 11 is 8.50. The van der Waals surface area contributed by atoms with E-state index in [-0.39, 0.29) is 0 Å². The van der Waals surface area contributed by atoms with Crippen molar-refractivity contribution in [2.75, 3.05) is 7.05 Å². The van der Waals surface area contributed by atoms with Crippen LogP contribution in [0.1, 0.15) is 12.5 Å². The summed E-state index contributed by atoms with van der Waals surface area (Å²) in [6, 6.07) is 7.91. The first-order chi connectivity index (χ1) is 7.51. The molecule has 5 heteroatoms. The van der Waals surface area contributed by atoms with Crippen molar-refractivity contribution >= 4 is 39.5 Å². The molecule has 0 spiro atoms. The average molecular weight is 300 g/mol. The summed E-state index contributed by atoms with van der Waals surface area (Å²) in [6.07, 6.45) is 0. The Morgan fingerprint density at radius 2 is 2.31 bits per heavy atom. The lowest BCUT2D eigenvalue weighted by Gasteiger charge is -2.27. The number of nitrogens with one attached hydrogen (secondary N) is 1. The van der Waals surface area contributed by atoms with Gasteiger partial charge in [0.05, 0.1) is 5.54 Å². The first-order valence-corrected chi connectivity index (χ1v) is 6.01. The number of thiocarbonyl (C=S) groups is 1. The number of aliphatic imine (C=N–C) groups is 1. The van der Waals surface area contributed by atoms with Crippen molar-refractivity contribution < 1.29 is 0 Å². The highest BCUT2D eigenvalue weighted by atomic mass is 79.9. The molecule has 1 unspecified atom stereocenters. The molecular formula is C11H14BrN3S. The summed E-state index contributed by atoms with van der Waals surface area (Å²) in [5, 5.41) is 4.73. The van der Waals surface area contributed by atoms with Crippen LogP contribution < -0.4 is 11.1 Å². The summed E-state index contributed by atoms with van der Waals surface area (Å²) < 4.78 is 1.00. The minimum Gasteiger partial charge on any atom is -0.370 e. The lowest BCUT2D eigenvalue weighted by Crippen LogP contribution is -2.47. The molecule has 0 aromatic heterocycles. The van der Waals surface area contributed by atoms with Gasteiger partial charge < -0.3 is 11.1 Å². The van der Waals surface area contributed by atoms with Gasteiger partial charge in [0, 0.05) is 16.9 Å². The predicted octanol–water partition coefficient (Wildman–Crippen LogP) is 2.20. The van der Waals surface area contributed by atoms with Crippen LogP contribution >= 0.6 is 28.1 Å². The highest BCUT2D eigenvalue weighted by Crippen LogP contribution is 2.22. The molecule has 0 saturated carbocycles. The number of nitrogens with zero attached hydrogens (tertiary/aromatic N) is 1. The molecule has 1 aromatic rings. The van der Waals surface area contributed by atoms with E-state index < -0.39 is 5.54 Å². The molecule has 0 aliphatic carbocycles. The van der Waals surface area contributed by atoms with Crippen molar-refractivity contribution in [2.24, 2.45) is 10.7 Å². The third kappa shape index (κ3) is 3.02. The van der Waals surface area contributed by atoms with Gasteiger partial charge in [0.2, 0.25) is 0 Å². The lowest BCUT2D eigenvalue weighted by atomic mass is 9.94. The molecule has 3 nitrogen and oxygen atoms in total. The fraction of sp³-hybridized carbons (Fsp3) is 0.273. The third-order valence-electron chi connectivity index (χ3n) is 2.29. The van der Waals surface area contributed by atoms with Crippen LogP contribution in [0, 0.1) is 0 Å². The molecule has 0 saturated heterocycles. The molecule has 1 atom stereocenters. The number of guanidine groups is 1. The summed E-state index contributed by atoms with van der Waals surface area (Å²) in [7, 11) is 1.63. The van der Waals surface area contributed by atoms with Crippen LogP contribution in [0.15, 0.2) is 33.7 Å². The second kappa shape index (κ2) is 5.41. The van der Waals surface area contributed by atoms with E-state index >= 15 is 0 Å². The van der Waals surface area contributed by atoms with Gasteiger partial charge in [0.15, 0.2) is 5.96 Å². The van der Waals surface area contributed by atoms with Crippen LogP contribution in [-0.4, -0.2) is 18.4 Å². The summed E-state index contributed by atoms with van der Waals surface area (Å²) in [5.41, 5.74) is 6.20. The third-order valence-corrected chi connectivity index (χ3v) is 3.25. The second-order valence-electron chi connectivity index (χ2n) is 3.56. The molecule has 16 heavy (non-hydrogen) atoms. The maximum atomic E-state index is 5.67. The first-order valence-electron chi connectivity index (χ1n) is 4.74. The lowest BCUT2D eigenvalue weighted by molar-refractivity contribution is 0.609. The van der Waals surface area contributed by atoms with Crippen LogP contribution in [0.3, 0.4) is 0 Å². The van der Waals surface area contributed by atoms with Gasteiger partial charge in [-0.1, -0.05) is 40.3 Å². The van der Waals surface area contributed by atoms with E-state index in [0.29, 0.717) is 5.96 Å². The molecule has 0 radical (unpaired) electrons. The molecule has 1 aromatic carbocycles. The van der Waals surface area contributed by atoms with Crippen LogP contribution in [0.4, 0.5) is 0 Å². The number of hydrogen-bond donors (Lipinski definition) is 2. The number of hydrogen-bond acceptors (Lipinski definition) is 2. The van der Waals surface area contributed by atoms with Crippen molar-refractivity contribution in [3.05, 3.63) is 34.3 Å². The van der Waals surface area contributed by atoms with E-state index in [1.165, 1.54) is 0 Å². The quantitative estimate of drug-likeness (QED) is 0.511. The van der Waals surface area contributed by atoms with Crippen LogP contribution in [0.2, 0.25) is 0 Å². The Morgan fingerprint density at radius 3 is 2.81 bits per heavy atom. The van der Waals surface area contributed by atoms with Gasteiger partial charge in [-0.25, -0.2) is 0 Å². The van der Waals surface area contributed by atoms with Crippen molar-refractivity contribution in [3.8, 4) is 0 Å². The van der Waals surface area contributed by atoms with Gasteiger partial charge in [-0.3, -0.25) is 4.99 Å². The smallest absolute Gasteiger partial charge is 0.189 e. The minimum absolute atomic E-state index is 0.364. The Labute approximate surface area is 109 Å². The van der Waals surface area contributed by atoms with Crippen molar-refractivity contribution in [1.29, 1.82) is 0 Å². The Bertz CT molecular complexity index is 419. The van der Waals surface area contributed by atoms with Crippen molar-refractivity contribution in [2.45, 2.75) is 12.5 Å². The fourth-order valence-electron chi connectivity index (χ4n) is 1.30. The molecule has 0 aliphatic heterocycles. The van der Waals surface area contributed by atoms with Crippen LogP contribution in [0.25, 0.3) is 0 Å². The Morgan fingerprint density at radius 1 is 1.62 bits per heavy atom. The Kier molecular flexibility index (Phi) is 4.44. The zero-order chi connectivity index (χ0) is 12.2.